The van der Waals surface area contributed by atoms with E-state index in [1.807, 2.05) is 12.1 Å². The first-order valence-corrected chi connectivity index (χ1v) is 9.09. The molecule has 3 aromatic rings. The van der Waals surface area contributed by atoms with Crippen molar-refractivity contribution in [2.24, 2.45) is 5.41 Å². The lowest BCUT2D eigenvalue weighted by molar-refractivity contribution is 0.211. The largest absolute Gasteiger partial charge is 0.493 e. The Labute approximate surface area is 169 Å². The normalized spacial score (nSPS) is 12.6. The van der Waals surface area contributed by atoms with Crippen LogP contribution in [0.5, 0.6) is 17.2 Å². The quantitative estimate of drug-likeness (QED) is 0.586. The Morgan fingerprint density at radius 1 is 1.10 bits per heavy atom. The molecule has 2 aromatic heterocycles. The Bertz CT molecular complexity index is 933. The average molecular weight is 402 g/mol. The predicted octanol–water partition coefficient (Wildman–Crippen LogP) is 2.76. The maximum atomic E-state index is 5.57. The van der Waals surface area contributed by atoms with Gasteiger partial charge < -0.3 is 24.1 Å². The van der Waals surface area contributed by atoms with Crippen molar-refractivity contribution in [3.8, 4) is 28.9 Å². The molecule has 0 saturated heterocycles. The molecule has 0 bridgehead atoms. The number of methoxy groups -OCH3 is 3. The minimum Gasteiger partial charge on any atom is -0.493 e. The molecular weight excluding hydrogens is 376 g/mol. The highest BCUT2D eigenvalue weighted by Crippen LogP contribution is 2.40. The van der Waals surface area contributed by atoms with E-state index in [0.717, 1.165) is 5.56 Å². The van der Waals surface area contributed by atoms with Crippen LogP contribution in [-0.4, -0.2) is 46.7 Å². The third-order valence-corrected chi connectivity index (χ3v) is 4.46. The van der Waals surface area contributed by atoms with Crippen molar-refractivity contribution in [1.29, 1.82) is 0 Å². The van der Waals surface area contributed by atoms with Gasteiger partial charge in [0.25, 0.3) is 0 Å². The molecule has 0 unspecified atom stereocenters. The molecule has 0 amide bonds. The number of rotatable bonds is 8. The number of benzene rings is 1. The van der Waals surface area contributed by atoms with Crippen molar-refractivity contribution >= 4 is 0 Å². The molecule has 1 aromatic carbocycles. The first-order valence-electron chi connectivity index (χ1n) is 9.09. The Morgan fingerprint density at radius 2 is 1.86 bits per heavy atom. The smallest absolute Gasteiger partial charge is 0.244 e. The third kappa shape index (κ3) is 4.32. The van der Waals surface area contributed by atoms with Crippen LogP contribution >= 0.6 is 0 Å². The summed E-state index contributed by atoms with van der Waals surface area (Å²) in [5.41, 5.74) is 0.712. The molecule has 2 heterocycles. The molecule has 10 heteroatoms. The summed E-state index contributed by atoms with van der Waals surface area (Å²) in [6, 6.07) is 3.56. The summed E-state index contributed by atoms with van der Waals surface area (Å²) in [5, 5.41) is 14.1. The highest BCUT2D eigenvalue weighted by Gasteiger charge is 2.32. The molecule has 0 spiro atoms. The Kier molecular flexibility index (Phi) is 6.02. The summed E-state index contributed by atoms with van der Waals surface area (Å²) >= 11 is 0. The van der Waals surface area contributed by atoms with Gasteiger partial charge in [-0.15, -0.1) is 0 Å². The van der Waals surface area contributed by atoms with Gasteiger partial charge in [-0.2, -0.15) is 10.1 Å². The van der Waals surface area contributed by atoms with Crippen LogP contribution in [0.25, 0.3) is 11.6 Å². The van der Waals surface area contributed by atoms with Gasteiger partial charge in [-0.1, -0.05) is 32.0 Å². The van der Waals surface area contributed by atoms with Crippen molar-refractivity contribution in [3.05, 3.63) is 29.9 Å². The molecule has 0 radical (unpaired) electrons. The molecule has 2 N–H and O–H groups in total. The van der Waals surface area contributed by atoms with Gasteiger partial charge in [0.2, 0.25) is 17.5 Å². The Balaban J connectivity index is 1.86. The maximum absolute atomic E-state index is 5.57. The number of hydrogen-bond donors (Lipinski definition) is 2. The molecule has 0 aliphatic rings. The van der Waals surface area contributed by atoms with Crippen LogP contribution in [-0.2, 0) is 6.54 Å². The van der Waals surface area contributed by atoms with Gasteiger partial charge in [0.15, 0.2) is 17.3 Å². The summed E-state index contributed by atoms with van der Waals surface area (Å²) < 4.78 is 21.9. The topological polar surface area (TPSA) is 120 Å². The van der Waals surface area contributed by atoms with E-state index in [0.29, 0.717) is 41.3 Å². The van der Waals surface area contributed by atoms with Crippen LogP contribution in [0.3, 0.4) is 0 Å². The van der Waals surface area contributed by atoms with Gasteiger partial charge in [-0.05, 0) is 11.5 Å². The molecular formula is C19H26N6O4. The summed E-state index contributed by atoms with van der Waals surface area (Å²) in [5.74, 6) is 3.04. The lowest BCUT2D eigenvalue weighted by atomic mass is 9.86. The first kappa shape index (κ1) is 20.6. The van der Waals surface area contributed by atoms with E-state index in [-0.39, 0.29) is 11.5 Å². The van der Waals surface area contributed by atoms with Crippen molar-refractivity contribution in [2.75, 3.05) is 21.3 Å². The molecule has 0 saturated carbocycles. The van der Waals surface area contributed by atoms with Gasteiger partial charge in [0.05, 0.1) is 27.4 Å². The number of hydrogen-bond acceptors (Lipinski definition) is 9. The fourth-order valence-corrected chi connectivity index (χ4v) is 3.04. The van der Waals surface area contributed by atoms with E-state index < -0.39 is 0 Å². The minimum atomic E-state index is -0.218. The second-order valence-corrected chi connectivity index (χ2v) is 7.46. The van der Waals surface area contributed by atoms with Crippen LogP contribution in [0, 0.1) is 5.41 Å². The zero-order valence-electron chi connectivity index (χ0n) is 17.4. The summed E-state index contributed by atoms with van der Waals surface area (Å²) in [7, 11) is 4.77. The lowest BCUT2D eigenvalue weighted by Crippen LogP contribution is -2.32. The molecule has 156 valence electrons. The highest BCUT2D eigenvalue weighted by atomic mass is 16.5. The monoisotopic (exact) mass is 402 g/mol. The number of aromatic nitrogens is 5. The van der Waals surface area contributed by atoms with E-state index in [9.17, 15) is 0 Å². The van der Waals surface area contributed by atoms with Gasteiger partial charge in [-0.3, -0.25) is 5.10 Å². The molecule has 3 rings (SSSR count). The lowest BCUT2D eigenvalue weighted by Gasteiger charge is -2.29. The zero-order chi connectivity index (χ0) is 21.0. The van der Waals surface area contributed by atoms with Crippen LogP contribution in [0.1, 0.15) is 38.3 Å². The van der Waals surface area contributed by atoms with Crippen molar-refractivity contribution in [3.63, 3.8) is 0 Å². The standard InChI is InChI=1S/C19H26N6O4/c1-19(2,3)15(18-23-17(25-29-18)16-21-10-22-24-16)20-9-11-7-8-12(26-4)14(28-6)13(11)27-5/h7-8,10,15,20H,9H2,1-6H3,(H,21,22,24)/t15-/m1/s1. The minimum absolute atomic E-state index is 0.199. The zero-order valence-corrected chi connectivity index (χ0v) is 17.4. The van der Waals surface area contributed by atoms with E-state index in [1.54, 1.807) is 21.3 Å². The number of aromatic amines is 1. The fourth-order valence-electron chi connectivity index (χ4n) is 3.04. The van der Waals surface area contributed by atoms with Crippen LogP contribution in [0.4, 0.5) is 0 Å². The number of nitrogens with one attached hydrogen (secondary N) is 2. The number of H-pyrrole nitrogens is 1. The SMILES string of the molecule is COc1ccc(CN[C@H](c2nc(-c3ncn[nH]3)no2)C(C)(C)C)c(OC)c1OC. The summed E-state index contributed by atoms with van der Waals surface area (Å²) in [4.78, 5) is 8.54. The van der Waals surface area contributed by atoms with Crippen molar-refractivity contribution in [1.82, 2.24) is 30.6 Å². The van der Waals surface area contributed by atoms with E-state index in [2.05, 4.69) is 51.4 Å². The maximum Gasteiger partial charge on any atom is 0.244 e. The average Bonchev–Trinajstić information content (AvgIpc) is 3.38. The molecule has 0 aliphatic carbocycles. The van der Waals surface area contributed by atoms with E-state index in [1.165, 1.54) is 6.33 Å². The van der Waals surface area contributed by atoms with Crippen molar-refractivity contribution in [2.45, 2.75) is 33.4 Å². The number of nitrogens with zero attached hydrogens (tertiary/aromatic N) is 4. The van der Waals surface area contributed by atoms with Gasteiger partial charge >= 0.3 is 0 Å². The Morgan fingerprint density at radius 3 is 2.45 bits per heavy atom. The number of ether oxygens (including phenoxy) is 3. The van der Waals surface area contributed by atoms with Gasteiger partial charge in [0, 0.05) is 12.1 Å². The van der Waals surface area contributed by atoms with Gasteiger partial charge in [0.1, 0.15) is 6.33 Å². The highest BCUT2D eigenvalue weighted by molar-refractivity contribution is 5.55. The second kappa shape index (κ2) is 8.48. The molecule has 0 aliphatic heterocycles. The van der Waals surface area contributed by atoms with E-state index in [4.69, 9.17) is 18.7 Å². The fraction of sp³-hybridized carbons (Fsp3) is 0.474. The van der Waals surface area contributed by atoms with Crippen LogP contribution in [0.15, 0.2) is 23.0 Å². The molecule has 0 fully saturated rings. The second-order valence-electron chi connectivity index (χ2n) is 7.46. The predicted molar refractivity (Wildman–Crippen MR) is 105 cm³/mol. The molecule has 29 heavy (non-hydrogen) atoms. The summed E-state index contributed by atoms with van der Waals surface area (Å²) in [6.45, 7) is 6.77. The summed E-state index contributed by atoms with van der Waals surface area (Å²) in [6.07, 6.45) is 1.40. The first-order chi connectivity index (χ1) is 13.9. The molecule has 10 nitrogen and oxygen atoms in total. The third-order valence-electron chi connectivity index (χ3n) is 4.46. The Hall–Kier alpha value is -3.14. The van der Waals surface area contributed by atoms with E-state index >= 15 is 0 Å². The van der Waals surface area contributed by atoms with Crippen LogP contribution in [0.2, 0.25) is 0 Å². The van der Waals surface area contributed by atoms with Crippen LogP contribution < -0.4 is 19.5 Å². The van der Waals surface area contributed by atoms with Crippen molar-refractivity contribution < 1.29 is 18.7 Å². The molecule has 1 atom stereocenters. The van der Waals surface area contributed by atoms with Gasteiger partial charge in [-0.25, -0.2) is 4.98 Å².